The van der Waals surface area contributed by atoms with Crippen molar-refractivity contribution in [2.75, 3.05) is 26.3 Å². The van der Waals surface area contributed by atoms with Gasteiger partial charge in [-0.3, -0.25) is 9.69 Å². The summed E-state index contributed by atoms with van der Waals surface area (Å²) in [7, 11) is 0. The number of carbonyl (C=O) groups is 3. The van der Waals surface area contributed by atoms with Crippen LogP contribution in [0.1, 0.15) is 82.1 Å². The molecule has 9 heteroatoms. The van der Waals surface area contributed by atoms with Crippen LogP contribution in [0.15, 0.2) is 0 Å². The van der Waals surface area contributed by atoms with Crippen LogP contribution in [0.4, 0.5) is 9.59 Å². The molecular formula is C24H44N2O7. The fourth-order valence-corrected chi connectivity index (χ4v) is 3.81. The molecule has 1 atom stereocenters. The molecule has 2 aliphatic rings. The number of amides is 2. The molecule has 2 amide bonds. The van der Waals surface area contributed by atoms with Gasteiger partial charge in [0.05, 0.1) is 32.4 Å². The van der Waals surface area contributed by atoms with Crippen molar-refractivity contribution in [3.05, 3.63) is 0 Å². The SMILES string of the molecule is CC(C)(C)OC(=O)N1CC(=O)CC1(C)C.CC(C)(C)OC(=O)N1CC(OCCO)CC1(C)C. The fraction of sp³-hybridized carbons (Fsp3) is 0.875. The molecule has 2 rings (SSSR count). The van der Waals surface area contributed by atoms with Crippen molar-refractivity contribution in [3.63, 3.8) is 0 Å². The predicted molar refractivity (Wildman–Crippen MR) is 125 cm³/mol. The van der Waals surface area contributed by atoms with Gasteiger partial charge in [-0.25, -0.2) is 9.59 Å². The van der Waals surface area contributed by atoms with Gasteiger partial charge in [0.1, 0.15) is 11.2 Å². The minimum atomic E-state index is -0.515. The number of aliphatic hydroxyl groups is 1. The van der Waals surface area contributed by atoms with E-state index in [1.54, 1.807) is 4.90 Å². The third-order valence-corrected chi connectivity index (χ3v) is 5.21. The molecule has 192 valence electrons. The third-order valence-electron chi connectivity index (χ3n) is 5.21. The van der Waals surface area contributed by atoms with Crippen molar-refractivity contribution >= 4 is 18.0 Å². The first-order chi connectivity index (χ1) is 14.8. The second-order valence-corrected chi connectivity index (χ2v) is 11.9. The molecule has 0 radical (unpaired) electrons. The van der Waals surface area contributed by atoms with E-state index in [1.165, 1.54) is 4.90 Å². The molecule has 2 aliphatic heterocycles. The van der Waals surface area contributed by atoms with E-state index in [4.69, 9.17) is 19.3 Å². The van der Waals surface area contributed by atoms with Gasteiger partial charge in [0, 0.05) is 17.5 Å². The number of likely N-dealkylation sites (tertiary alicyclic amines) is 2. The van der Waals surface area contributed by atoms with Crippen LogP contribution >= 0.6 is 0 Å². The molecule has 0 spiro atoms. The van der Waals surface area contributed by atoms with E-state index in [9.17, 15) is 14.4 Å². The lowest BCUT2D eigenvalue weighted by atomic mass is 10.0. The number of hydrogen-bond donors (Lipinski definition) is 1. The van der Waals surface area contributed by atoms with Gasteiger partial charge in [-0.1, -0.05) is 0 Å². The lowest BCUT2D eigenvalue weighted by molar-refractivity contribution is -0.117. The van der Waals surface area contributed by atoms with Crippen LogP contribution in [0.25, 0.3) is 0 Å². The maximum Gasteiger partial charge on any atom is 0.411 e. The van der Waals surface area contributed by atoms with Crippen LogP contribution in [-0.2, 0) is 19.0 Å². The zero-order chi connectivity index (χ0) is 25.8. The first-order valence-electron chi connectivity index (χ1n) is 11.5. The van der Waals surface area contributed by atoms with Crippen LogP contribution in [-0.4, -0.2) is 87.6 Å². The van der Waals surface area contributed by atoms with Crippen molar-refractivity contribution in [1.29, 1.82) is 0 Å². The molecule has 0 aromatic heterocycles. The Morgan fingerprint density at radius 2 is 1.42 bits per heavy atom. The molecule has 2 heterocycles. The average Bonchev–Trinajstić information content (AvgIpc) is 3.04. The topological polar surface area (TPSA) is 106 Å². The minimum Gasteiger partial charge on any atom is -0.444 e. The van der Waals surface area contributed by atoms with Crippen molar-refractivity contribution in [3.8, 4) is 0 Å². The van der Waals surface area contributed by atoms with Crippen molar-refractivity contribution in [2.24, 2.45) is 0 Å². The molecule has 0 bridgehead atoms. The number of hydrogen-bond acceptors (Lipinski definition) is 7. The van der Waals surface area contributed by atoms with E-state index in [0.29, 0.717) is 19.6 Å². The summed E-state index contributed by atoms with van der Waals surface area (Å²) in [5, 5.41) is 8.75. The average molecular weight is 473 g/mol. The number of aliphatic hydroxyl groups excluding tert-OH is 1. The standard InChI is InChI=1S/C13H25NO4.C11H19NO3/c1-12(2,3)18-11(16)14-9-10(17-7-6-15)8-13(14,4)5;1-10(2,3)15-9(14)12-7-8(13)6-11(12,4)5/h10,15H,6-9H2,1-5H3;6-7H2,1-5H3. The summed E-state index contributed by atoms with van der Waals surface area (Å²) in [5.41, 5.74) is -1.70. The lowest BCUT2D eigenvalue weighted by Gasteiger charge is -2.33. The number of carbonyl (C=O) groups excluding carboxylic acids is 3. The maximum absolute atomic E-state index is 12.1. The Kier molecular flexibility index (Phi) is 9.36. The van der Waals surface area contributed by atoms with E-state index < -0.39 is 22.8 Å². The molecule has 0 aromatic rings. The number of ketones is 1. The van der Waals surface area contributed by atoms with E-state index in [1.807, 2.05) is 69.2 Å². The van der Waals surface area contributed by atoms with Gasteiger partial charge in [-0.15, -0.1) is 0 Å². The summed E-state index contributed by atoms with van der Waals surface area (Å²) >= 11 is 0. The van der Waals surface area contributed by atoms with Gasteiger partial charge in [0.2, 0.25) is 0 Å². The molecule has 0 aromatic carbocycles. The summed E-state index contributed by atoms with van der Waals surface area (Å²) in [6.07, 6.45) is 0.430. The molecule has 2 saturated heterocycles. The van der Waals surface area contributed by atoms with Gasteiger partial charge in [-0.2, -0.15) is 0 Å². The van der Waals surface area contributed by atoms with Crippen molar-refractivity contribution < 1.29 is 33.7 Å². The van der Waals surface area contributed by atoms with E-state index in [2.05, 4.69) is 0 Å². The van der Waals surface area contributed by atoms with Gasteiger partial charge < -0.3 is 24.2 Å². The largest absolute Gasteiger partial charge is 0.444 e. The van der Waals surface area contributed by atoms with Gasteiger partial charge in [0.25, 0.3) is 0 Å². The highest BCUT2D eigenvalue weighted by Crippen LogP contribution is 2.32. The van der Waals surface area contributed by atoms with Crippen LogP contribution in [0.3, 0.4) is 0 Å². The summed E-state index contributed by atoms with van der Waals surface area (Å²) in [6, 6.07) is 0. The summed E-state index contributed by atoms with van der Waals surface area (Å²) in [5.74, 6) is 0.0888. The van der Waals surface area contributed by atoms with E-state index in [0.717, 1.165) is 6.42 Å². The summed E-state index contributed by atoms with van der Waals surface area (Å²) in [6.45, 7) is 19.8. The molecule has 0 aliphatic carbocycles. The highest BCUT2D eigenvalue weighted by molar-refractivity contribution is 5.89. The Bertz CT molecular complexity index is 705. The lowest BCUT2D eigenvalue weighted by Crippen LogP contribution is -2.45. The molecular weight excluding hydrogens is 428 g/mol. The zero-order valence-electron chi connectivity index (χ0n) is 22.1. The Labute approximate surface area is 198 Å². The predicted octanol–water partition coefficient (Wildman–Crippen LogP) is 3.76. The first kappa shape index (κ1) is 29.2. The van der Waals surface area contributed by atoms with Gasteiger partial charge >= 0.3 is 12.2 Å². The Morgan fingerprint density at radius 3 is 1.82 bits per heavy atom. The minimum absolute atomic E-state index is 0.00334. The molecule has 9 nitrogen and oxygen atoms in total. The van der Waals surface area contributed by atoms with Crippen LogP contribution in [0, 0.1) is 0 Å². The Hall–Kier alpha value is -1.87. The van der Waals surface area contributed by atoms with Crippen LogP contribution < -0.4 is 0 Å². The smallest absolute Gasteiger partial charge is 0.411 e. The number of rotatable bonds is 3. The van der Waals surface area contributed by atoms with Crippen molar-refractivity contribution in [2.45, 2.75) is 110 Å². The Balaban J connectivity index is 0.000000335. The quantitative estimate of drug-likeness (QED) is 0.667. The monoisotopic (exact) mass is 472 g/mol. The van der Waals surface area contributed by atoms with E-state index in [-0.39, 0.29) is 36.7 Å². The Morgan fingerprint density at radius 1 is 0.939 bits per heavy atom. The van der Waals surface area contributed by atoms with Crippen LogP contribution in [0.5, 0.6) is 0 Å². The fourth-order valence-electron chi connectivity index (χ4n) is 3.81. The third kappa shape index (κ3) is 9.49. The number of Topliss-reactive ketones (excluding diaryl/α,β-unsaturated/α-hetero) is 1. The second-order valence-electron chi connectivity index (χ2n) is 11.9. The molecule has 0 saturated carbocycles. The number of nitrogens with zero attached hydrogens (tertiary/aromatic N) is 2. The van der Waals surface area contributed by atoms with Gasteiger partial charge in [0.15, 0.2) is 5.78 Å². The highest BCUT2D eigenvalue weighted by Gasteiger charge is 2.44. The van der Waals surface area contributed by atoms with Crippen molar-refractivity contribution in [1.82, 2.24) is 9.80 Å². The highest BCUT2D eigenvalue weighted by atomic mass is 16.6. The van der Waals surface area contributed by atoms with E-state index >= 15 is 0 Å². The van der Waals surface area contributed by atoms with Gasteiger partial charge in [-0.05, 0) is 75.7 Å². The maximum atomic E-state index is 12.1. The molecule has 2 fully saturated rings. The zero-order valence-corrected chi connectivity index (χ0v) is 22.1. The molecule has 33 heavy (non-hydrogen) atoms. The van der Waals surface area contributed by atoms with Crippen LogP contribution in [0.2, 0.25) is 0 Å². The second kappa shape index (κ2) is 10.6. The first-order valence-corrected chi connectivity index (χ1v) is 11.5. The number of ether oxygens (including phenoxy) is 3. The normalized spacial score (nSPS) is 22.0. The summed E-state index contributed by atoms with van der Waals surface area (Å²) in [4.78, 5) is 38.4. The summed E-state index contributed by atoms with van der Waals surface area (Å²) < 4.78 is 16.1. The molecule has 1 unspecified atom stereocenters. The molecule has 1 N–H and O–H groups in total.